The number of hydrogen-bond acceptors (Lipinski definition) is 5. The number of nitrogens with zero attached hydrogens (tertiary/aromatic N) is 3. The lowest BCUT2D eigenvalue weighted by molar-refractivity contribution is -0.125. The van der Waals surface area contributed by atoms with Crippen molar-refractivity contribution in [3.63, 3.8) is 0 Å². The summed E-state index contributed by atoms with van der Waals surface area (Å²) in [6, 6.07) is 10.7. The minimum Gasteiger partial charge on any atom is -0.497 e. The summed E-state index contributed by atoms with van der Waals surface area (Å²) in [5.41, 5.74) is 3.41. The van der Waals surface area contributed by atoms with Gasteiger partial charge in [0.15, 0.2) is 0 Å². The third-order valence-electron chi connectivity index (χ3n) is 6.37. The highest BCUT2D eigenvalue weighted by atomic mass is 16.5. The van der Waals surface area contributed by atoms with Crippen LogP contribution in [-0.4, -0.2) is 67.1 Å². The Morgan fingerprint density at radius 1 is 1.28 bits per heavy atom. The van der Waals surface area contributed by atoms with Crippen LogP contribution in [0.5, 0.6) is 5.75 Å². The zero-order valence-electron chi connectivity index (χ0n) is 17.4. The summed E-state index contributed by atoms with van der Waals surface area (Å²) in [6.45, 7) is 2.96. The van der Waals surface area contributed by atoms with Gasteiger partial charge in [-0.1, -0.05) is 0 Å². The molecule has 3 saturated heterocycles. The number of aryl methyl sites for hydroxylation is 1. The molecule has 4 unspecified atom stereocenters. The van der Waals surface area contributed by atoms with E-state index < -0.39 is 0 Å². The van der Waals surface area contributed by atoms with E-state index in [2.05, 4.69) is 28.4 Å². The fraction of sp³-hybridized carbons (Fsp3) is 0.545. The molecule has 29 heavy (non-hydrogen) atoms. The minimum absolute atomic E-state index is 0.0394. The van der Waals surface area contributed by atoms with E-state index in [-0.39, 0.29) is 12.5 Å². The Balaban J connectivity index is 1.45. The molecule has 0 saturated carbocycles. The number of rotatable bonds is 7. The average molecular weight is 399 g/mol. The summed E-state index contributed by atoms with van der Waals surface area (Å²) in [6.07, 6.45) is 2.32. The first-order chi connectivity index (χ1) is 14.1. The molecule has 4 atom stereocenters. The predicted molar refractivity (Wildman–Crippen MR) is 111 cm³/mol. The normalized spacial score (nSPS) is 25.8. The van der Waals surface area contributed by atoms with Gasteiger partial charge in [0.2, 0.25) is 5.91 Å². The standard InChI is InChI=1S/C22H30N4O3/c1-25-21(11-20(24-25)15-4-6-18(29-3)7-5-15)19-13-26-9-8-16(19)10-17(26)12-23-22(27)14-28-2/h4-7,11,16-17,19H,8-10,12-14H2,1-3H3,(H,23,27). The number of piperidine rings is 3. The van der Waals surface area contributed by atoms with Gasteiger partial charge >= 0.3 is 0 Å². The minimum atomic E-state index is -0.0394. The quantitative estimate of drug-likeness (QED) is 0.773. The number of fused-ring (bicyclic) bond motifs is 3. The maximum Gasteiger partial charge on any atom is 0.246 e. The number of carbonyl (C=O) groups is 1. The molecule has 1 amide bonds. The fourth-order valence-corrected chi connectivity index (χ4v) is 4.83. The molecular weight excluding hydrogens is 368 g/mol. The Morgan fingerprint density at radius 3 is 2.72 bits per heavy atom. The molecule has 156 valence electrons. The van der Waals surface area contributed by atoms with Crippen molar-refractivity contribution >= 4 is 5.91 Å². The molecule has 3 aliphatic rings. The molecule has 3 aliphatic heterocycles. The van der Waals surface area contributed by atoms with Crippen molar-refractivity contribution in [2.24, 2.45) is 13.0 Å². The maximum atomic E-state index is 11.7. The van der Waals surface area contributed by atoms with Crippen LogP contribution in [-0.2, 0) is 16.6 Å². The lowest BCUT2D eigenvalue weighted by Crippen LogP contribution is -2.56. The molecule has 1 aromatic carbocycles. The highest BCUT2D eigenvalue weighted by molar-refractivity contribution is 5.77. The first-order valence-corrected chi connectivity index (χ1v) is 10.3. The summed E-state index contributed by atoms with van der Waals surface area (Å²) >= 11 is 0. The van der Waals surface area contributed by atoms with Gasteiger partial charge in [-0.3, -0.25) is 14.4 Å². The topological polar surface area (TPSA) is 68.6 Å². The molecule has 5 rings (SSSR count). The van der Waals surface area contributed by atoms with Crippen molar-refractivity contribution in [3.8, 4) is 17.0 Å². The number of amides is 1. The Kier molecular flexibility index (Phi) is 5.87. The predicted octanol–water partition coefficient (Wildman–Crippen LogP) is 2.04. The summed E-state index contributed by atoms with van der Waals surface area (Å²) in [7, 11) is 5.27. The van der Waals surface area contributed by atoms with Gasteiger partial charge in [0.1, 0.15) is 12.4 Å². The number of hydrogen-bond donors (Lipinski definition) is 1. The number of nitrogens with one attached hydrogen (secondary N) is 1. The summed E-state index contributed by atoms with van der Waals surface area (Å²) in [4.78, 5) is 14.3. The Labute approximate surface area is 172 Å². The zero-order valence-corrected chi connectivity index (χ0v) is 17.4. The van der Waals surface area contributed by atoms with E-state index in [9.17, 15) is 4.79 Å². The summed E-state index contributed by atoms with van der Waals surface area (Å²) < 4.78 is 12.2. The molecule has 0 aliphatic carbocycles. The first kappa shape index (κ1) is 19.9. The van der Waals surface area contributed by atoms with Crippen LogP contribution >= 0.6 is 0 Å². The molecule has 7 heteroatoms. The molecule has 0 spiro atoms. The van der Waals surface area contributed by atoms with Gasteiger partial charge in [-0.25, -0.2) is 0 Å². The zero-order chi connectivity index (χ0) is 20.4. The van der Waals surface area contributed by atoms with Crippen LogP contribution < -0.4 is 10.1 Å². The van der Waals surface area contributed by atoms with Crippen LogP contribution in [0.2, 0.25) is 0 Å². The number of carbonyl (C=O) groups excluding carboxylic acids is 1. The van der Waals surface area contributed by atoms with E-state index in [0.717, 1.165) is 36.5 Å². The van der Waals surface area contributed by atoms with Crippen molar-refractivity contribution in [1.29, 1.82) is 0 Å². The summed E-state index contributed by atoms with van der Waals surface area (Å²) in [5.74, 6) is 1.93. The second kappa shape index (κ2) is 8.55. The monoisotopic (exact) mass is 398 g/mol. The SMILES string of the molecule is COCC(=O)NCC1CC2CCN1CC2c1cc(-c2ccc(OC)cc2)nn1C. The van der Waals surface area contributed by atoms with Crippen LogP contribution in [0.1, 0.15) is 24.5 Å². The number of ether oxygens (including phenoxy) is 2. The van der Waals surface area contributed by atoms with Crippen LogP contribution in [0, 0.1) is 5.92 Å². The van der Waals surface area contributed by atoms with E-state index >= 15 is 0 Å². The fourth-order valence-electron chi connectivity index (χ4n) is 4.83. The third-order valence-corrected chi connectivity index (χ3v) is 6.37. The van der Waals surface area contributed by atoms with Crippen molar-refractivity contribution < 1.29 is 14.3 Å². The van der Waals surface area contributed by atoms with E-state index in [1.54, 1.807) is 14.2 Å². The molecule has 1 N–H and O–H groups in total. The Morgan fingerprint density at radius 2 is 2.07 bits per heavy atom. The van der Waals surface area contributed by atoms with Gasteiger partial charge in [0.25, 0.3) is 0 Å². The summed E-state index contributed by atoms with van der Waals surface area (Å²) in [5, 5.41) is 7.79. The highest BCUT2D eigenvalue weighted by Gasteiger charge is 2.41. The second-order valence-corrected chi connectivity index (χ2v) is 8.08. The van der Waals surface area contributed by atoms with E-state index in [1.165, 1.54) is 12.1 Å². The molecule has 2 bridgehead atoms. The molecule has 7 nitrogen and oxygen atoms in total. The average Bonchev–Trinajstić information content (AvgIpc) is 3.14. The van der Waals surface area contributed by atoms with Gasteiger partial charge in [0, 0.05) is 50.5 Å². The Bertz CT molecular complexity index is 848. The molecule has 3 fully saturated rings. The number of aromatic nitrogens is 2. The van der Waals surface area contributed by atoms with Gasteiger partial charge in [-0.2, -0.15) is 5.10 Å². The number of benzene rings is 1. The first-order valence-electron chi connectivity index (χ1n) is 10.3. The van der Waals surface area contributed by atoms with Crippen molar-refractivity contribution in [2.45, 2.75) is 24.8 Å². The van der Waals surface area contributed by atoms with Crippen molar-refractivity contribution in [3.05, 3.63) is 36.0 Å². The van der Waals surface area contributed by atoms with E-state index in [4.69, 9.17) is 14.6 Å². The van der Waals surface area contributed by atoms with E-state index in [0.29, 0.717) is 24.4 Å². The maximum absolute atomic E-state index is 11.7. The van der Waals surface area contributed by atoms with Crippen LogP contribution in [0.3, 0.4) is 0 Å². The third kappa shape index (κ3) is 4.16. The van der Waals surface area contributed by atoms with Gasteiger partial charge in [0.05, 0.1) is 12.8 Å². The smallest absolute Gasteiger partial charge is 0.246 e. The van der Waals surface area contributed by atoms with Gasteiger partial charge in [-0.05, 0) is 55.6 Å². The van der Waals surface area contributed by atoms with Crippen LogP contribution in [0.4, 0.5) is 0 Å². The van der Waals surface area contributed by atoms with Crippen LogP contribution in [0.15, 0.2) is 30.3 Å². The molecule has 2 aromatic rings. The lowest BCUT2D eigenvalue weighted by atomic mass is 9.74. The van der Waals surface area contributed by atoms with Crippen LogP contribution in [0.25, 0.3) is 11.3 Å². The molecule has 4 heterocycles. The number of methoxy groups -OCH3 is 2. The van der Waals surface area contributed by atoms with E-state index in [1.807, 2.05) is 23.9 Å². The largest absolute Gasteiger partial charge is 0.497 e. The van der Waals surface area contributed by atoms with Crippen molar-refractivity contribution in [2.75, 3.05) is 40.5 Å². The van der Waals surface area contributed by atoms with Gasteiger partial charge in [-0.15, -0.1) is 0 Å². The van der Waals surface area contributed by atoms with Crippen molar-refractivity contribution in [1.82, 2.24) is 20.0 Å². The Hall–Kier alpha value is -2.38. The van der Waals surface area contributed by atoms with Gasteiger partial charge < -0.3 is 14.8 Å². The molecule has 1 aromatic heterocycles. The molecule has 0 radical (unpaired) electrons. The second-order valence-electron chi connectivity index (χ2n) is 8.08. The molecular formula is C22H30N4O3. The highest BCUT2D eigenvalue weighted by Crippen LogP contribution is 2.42. The lowest BCUT2D eigenvalue weighted by Gasteiger charge is -2.50.